The molecule has 3 heterocycles. The lowest BCUT2D eigenvalue weighted by Crippen LogP contribution is -2.10. The number of hydrogen-bond acceptors (Lipinski definition) is 6. The lowest BCUT2D eigenvalue weighted by molar-refractivity contribution is 1.14. The van der Waals surface area contributed by atoms with Crippen molar-refractivity contribution in [3.63, 3.8) is 0 Å². The first-order valence-corrected chi connectivity index (χ1v) is 6.67. The molecule has 3 N–H and O–H groups in total. The molecule has 19 heavy (non-hydrogen) atoms. The van der Waals surface area contributed by atoms with E-state index >= 15 is 0 Å². The van der Waals surface area contributed by atoms with Crippen molar-refractivity contribution in [1.29, 1.82) is 0 Å². The smallest absolute Gasteiger partial charge is 0.181 e. The first-order valence-electron chi connectivity index (χ1n) is 5.86. The standard InChI is InChI=1S/C13H13N5S/c1-7-4-3-5-15-10(7)12-16-11(18-14)9-6-8(2)19-13(9)17-12/h3-6H,14H2,1-2H3,(H,16,17,18). The summed E-state index contributed by atoms with van der Waals surface area (Å²) in [5.41, 5.74) is 4.46. The molecule has 0 aliphatic carbocycles. The molecule has 0 spiro atoms. The predicted molar refractivity (Wildman–Crippen MR) is 77.9 cm³/mol. The Bertz CT molecular complexity index is 750. The van der Waals surface area contributed by atoms with E-state index in [0.717, 1.165) is 21.5 Å². The summed E-state index contributed by atoms with van der Waals surface area (Å²) in [4.78, 5) is 15.5. The molecule has 5 nitrogen and oxygen atoms in total. The maximum Gasteiger partial charge on any atom is 0.181 e. The van der Waals surface area contributed by atoms with Gasteiger partial charge in [0.2, 0.25) is 0 Å². The highest BCUT2D eigenvalue weighted by atomic mass is 32.1. The largest absolute Gasteiger partial charge is 0.308 e. The fraction of sp³-hybridized carbons (Fsp3) is 0.154. The number of nitrogens with zero attached hydrogens (tertiary/aromatic N) is 3. The van der Waals surface area contributed by atoms with Gasteiger partial charge >= 0.3 is 0 Å². The molecule has 3 aromatic heterocycles. The van der Waals surface area contributed by atoms with Crippen molar-refractivity contribution in [2.24, 2.45) is 5.84 Å². The summed E-state index contributed by atoms with van der Waals surface area (Å²) in [5, 5.41) is 0.947. The molecule has 0 unspecified atom stereocenters. The number of anilines is 1. The predicted octanol–water partition coefficient (Wildman–Crippen LogP) is 2.66. The SMILES string of the molecule is Cc1cc2c(NN)nc(-c3ncccc3C)nc2s1. The first-order chi connectivity index (χ1) is 9.19. The zero-order valence-electron chi connectivity index (χ0n) is 10.6. The second-order valence-corrected chi connectivity index (χ2v) is 5.52. The molecule has 96 valence electrons. The minimum atomic E-state index is 0.598. The van der Waals surface area contributed by atoms with Crippen LogP contribution in [0.4, 0.5) is 5.82 Å². The maximum absolute atomic E-state index is 5.55. The monoisotopic (exact) mass is 271 g/mol. The van der Waals surface area contributed by atoms with Gasteiger partial charge in [0, 0.05) is 11.1 Å². The molecule has 0 bridgehead atoms. The Morgan fingerprint density at radius 3 is 2.84 bits per heavy atom. The molecule has 0 aromatic carbocycles. The average molecular weight is 271 g/mol. The van der Waals surface area contributed by atoms with Crippen molar-refractivity contribution < 1.29 is 0 Å². The third kappa shape index (κ3) is 2.05. The summed E-state index contributed by atoms with van der Waals surface area (Å²) in [6.07, 6.45) is 1.74. The van der Waals surface area contributed by atoms with Gasteiger partial charge in [0.1, 0.15) is 10.5 Å². The summed E-state index contributed by atoms with van der Waals surface area (Å²) < 4.78 is 0. The molecule has 0 aliphatic heterocycles. The van der Waals surface area contributed by atoms with Crippen molar-refractivity contribution in [1.82, 2.24) is 15.0 Å². The Balaban J connectivity index is 2.28. The van der Waals surface area contributed by atoms with Gasteiger partial charge in [-0.25, -0.2) is 15.8 Å². The molecule has 0 aliphatic rings. The Morgan fingerprint density at radius 2 is 2.11 bits per heavy atom. The molecule has 0 amide bonds. The second-order valence-electron chi connectivity index (χ2n) is 4.28. The van der Waals surface area contributed by atoms with Crippen LogP contribution in [0, 0.1) is 13.8 Å². The van der Waals surface area contributed by atoms with E-state index < -0.39 is 0 Å². The van der Waals surface area contributed by atoms with Crippen LogP contribution in [0.5, 0.6) is 0 Å². The molecule has 0 radical (unpaired) electrons. The van der Waals surface area contributed by atoms with Gasteiger partial charge < -0.3 is 5.43 Å². The first kappa shape index (κ1) is 12.0. The van der Waals surface area contributed by atoms with Crippen LogP contribution in [-0.4, -0.2) is 15.0 Å². The number of aryl methyl sites for hydroxylation is 2. The van der Waals surface area contributed by atoms with Crippen LogP contribution in [-0.2, 0) is 0 Å². The molecular formula is C13H13N5S. The third-order valence-corrected chi connectivity index (χ3v) is 3.82. The van der Waals surface area contributed by atoms with E-state index in [2.05, 4.69) is 20.4 Å². The van der Waals surface area contributed by atoms with E-state index in [9.17, 15) is 0 Å². The highest BCUT2D eigenvalue weighted by molar-refractivity contribution is 7.18. The van der Waals surface area contributed by atoms with Crippen LogP contribution in [0.1, 0.15) is 10.4 Å². The van der Waals surface area contributed by atoms with E-state index in [1.165, 1.54) is 4.88 Å². The summed E-state index contributed by atoms with van der Waals surface area (Å²) in [5.74, 6) is 6.79. The maximum atomic E-state index is 5.55. The van der Waals surface area contributed by atoms with Gasteiger partial charge in [0.15, 0.2) is 11.6 Å². The number of nitrogens with one attached hydrogen (secondary N) is 1. The summed E-state index contributed by atoms with van der Waals surface area (Å²) in [6.45, 7) is 4.03. The van der Waals surface area contributed by atoms with Crippen molar-refractivity contribution >= 4 is 27.4 Å². The van der Waals surface area contributed by atoms with Crippen LogP contribution in [0.25, 0.3) is 21.7 Å². The third-order valence-electron chi connectivity index (χ3n) is 2.87. The zero-order chi connectivity index (χ0) is 13.4. The fourth-order valence-corrected chi connectivity index (χ4v) is 2.86. The molecule has 0 saturated heterocycles. The highest BCUT2D eigenvalue weighted by Gasteiger charge is 2.13. The van der Waals surface area contributed by atoms with Crippen LogP contribution in [0.15, 0.2) is 24.4 Å². The van der Waals surface area contributed by atoms with Gasteiger partial charge in [0.25, 0.3) is 0 Å². The molecule has 0 fully saturated rings. The Hall–Kier alpha value is -2.05. The number of fused-ring (bicyclic) bond motifs is 1. The number of pyridine rings is 1. The van der Waals surface area contributed by atoms with Crippen molar-refractivity contribution in [2.75, 3.05) is 5.43 Å². The molecule has 0 saturated carbocycles. The average Bonchev–Trinajstić information content (AvgIpc) is 2.78. The lowest BCUT2D eigenvalue weighted by Gasteiger charge is -2.06. The Labute approximate surface area is 114 Å². The van der Waals surface area contributed by atoms with Crippen molar-refractivity contribution in [3.8, 4) is 11.5 Å². The molecule has 3 rings (SSSR count). The normalized spacial score (nSPS) is 10.9. The number of nitrogen functional groups attached to an aromatic ring is 1. The molecule has 3 aromatic rings. The molecule has 0 atom stereocenters. The number of hydrazine groups is 1. The molecular weight excluding hydrogens is 258 g/mol. The van der Waals surface area contributed by atoms with Gasteiger partial charge in [0.05, 0.1) is 5.39 Å². The summed E-state index contributed by atoms with van der Waals surface area (Å²) in [7, 11) is 0. The van der Waals surface area contributed by atoms with Gasteiger partial charge in [-0.05, 0) is 31.5 Å². The van der Waals surface area contributed by atoms with E-state index in [4.69, 9.17) is 5.84 Å². The minimum absolute atomic E-state index is 0.598. The van der Waals surface area contributed by atoms with Crippen LogP contribution in [0.3, 0.4) is 0 Å². The van der Waals surface area contributed by atoms with Crippen LogP contribution < -0.4 is 11.3 Å². The number of hydrogen-bond donors (Lipinski definition) is 2. The van der Waals surface area contributed by atoms with Gasteiger partial charge in [-0.2, -0.15) is 0 Å². The van der Waals surface area contributed by atoms with Gasteiger partial charge in [-0.3, -0.25) is 4.98 Å². The van der Waals surface area contributed by atoms with Crippen LogP contribution >= 0.6 is 11.3 Å². The molecule has 6 heteroatoms. The van der Waals surface area contributed by atoms with Crippen molar-refractivity contribution in [3.05, 3.63) is 34.8 Å². The summed E-state index contributed by atoms with van der Waals surface area (Å²) >= 11 is 1.62. The number of thiophene rings is 1. The van der Waals surface area contributed by atoms with E-state index in [1.54, 1.807) is 17.5 Å². The van der Waals surface area contributed by atoms with E-state index in [-0.39, 0.29) is 0 Å². The van der Waals surface area contributed by atoms with E-state index in [0.29, 0.717) is 11.6 Å². The number of rotatable bonds is 2. The highest BCUT2D eigenvalue weighted by Crippen LogP contribution is 2.30. The second kappa shape index (κ2) is 4.56. The lowest BCUT2D eigenvalue weighted by atomic mass is 10.2. The zero-order valence-corrected chi connectivity index (χ0v) is 11.5. The number of nitrogens with two attached hydrogens (primary N) is 1. The number of aromatic nitrogens is 3. The fourth-order valence-electron chi connectivity index (χ4n) is 1.98. The van der Waals surface area contributed by atoms with E-state index in [1.807, 2.05) is 32.0 Å². The van der Waals surface area contributed by atoms with Gasteiger partial charge in [-0.15, -0.1) is 11.3 Å². The minimum Gasteiger partial charge on any atom is -0.308 e. The van der Waals surface area contributed by atoms with Crippen LogP contribution in [0.2, 0.25) is 0 Å². The van der Waals surface area contributed by atoms with Gasteiger partial charge in [-0.1, -0.05) is 6.07 Å². The quantitative estimate of drug-likeness (QED) is 0.553. The Kier molecular flexibility index (Phi) is 2.88. The summed E-state index contributed by atoms with van der Waals surface area (Å²) in [6, 6.07) is 5.92. The Morgan fingerprint density at radius 1 is 1.26 bits per heavy atom. The van der Waals surface area contributed by atoms with Crippen molar-refractivity contribution in [2.45, 2.75) is 13.8 Å². The topological polar surface area (TPSA) is 76.7 Å².